The van der Waals surface area contributed by atoms with Crippen LogP contribution in [0.4, 0.5) is 0 Å². The van der Waals surface area contributed by atoms with E-state index >= 15 is 0 Å². The number of aliphatic hydroxyl groups excluding tert-OH is 6. The first kappa shape index (κ1) is 28.3. The molecule has 3 aliphatic rings. The normalized spacial score (nSPS) is 43.3. The molecule has 200 valence electrons. The molecule has 2 saturated heterocycles. The van der Waals surface area contributed by atoms with E-state index < -0.39 is 61.4 Å². The topological polar surface area (TPSA) is 175 Å². The summed E-state index contributed by atoms with van der Waals surface area (Å²) >= 11 is 0. The zero-order chi connectivity index (χ0) is 26.1. The second kappa shape index (κ2) is 11.4. The molecule has 6 N–H and O–H groups in total. The molecule has 11 heteroatoms. The second-order valence-electron chi connectivity index (χ2n) is 10.3. The van der Waals surface area contributed by atoms with Crippen LogP contribution in [-0.2, 0) is 23.7 Å². The van der Waals surface area contributed by atoms with Gasteiger partial charge in [0.2, 0.25) is 0 Å². The number of hydrogen-bond donors (Lipinski definition) is 6. The molecule has 0 saturated carbocycles. The smallest absolute Gasteiger partial charge is 0.187 e. The van der Waals surface area contributed by atoms with E-state index in [2.05, 4.69) is 0 Å². The Morgan fingerprint density at radius 3 is 2.37 bits per heavy atom. The van der Waals surface area contributed by atoms with Crippen molar-refractivity contribution in [2.24, 2.45) is 11.3 Å². The molecule has 0 unspecified atom stereocenters. The molecule has 2 aliphatic heterocycles. The summed E-state index contributed by atoms with van der Waals surface area (Å²) in [7, 11) is 0. The van der Waals surface area contributed by atoms with Crippen LogP contribution in [0.3, 0.4) is 0 Å². The minimum Gasteiger partial charge on any atom is -0.388 e. The number of rotatable bonds is 7. The summed E-state index contributed by atoms with van der Waals surface area (Å²) in [5.74, 6) is 0.116. The molecule has 11 nitrogen and oxygen atoms in total. The molecule has 0 bridgehead atoms. The summed E-state index contributed by atoms with van der Waals surface area (Å²) in [6.07, 6.45) is -7.31. The van der Waals surface area contributed by atoms with Gasteiger partial charge in [0.1, 0.15) is 42.7 Å². The number of carbonyl (C=O) groups excluding carboxylic acids is 1. The molecule has 0 aromatic rings. The van der Waals surface area contributed by atoms with E-state index in [4.69, 9.17) is 18.9 Å². The first-order chi connectivity index (χ1) is 16.3. The van der Waals surface area contributed by atoms with Crippen LogP contribution < -0.4 is 0 Å². The molecule has 0 aromatic carbocycles. The van der Waals surface area contributed by atoms with Crippen LogP contribution in [0.15, 0.2) is 23.8 Å². The van der Waals surface area contributed by atoms with Gasteiger partial charge in [-0.2, -0.15) is 0 Å². The van der Waals surface area contributed by atoms with Gasteiger partial charge in [-0.25, -0.2) is 0 Å². The average Bonchev–Trinajstić information content (AvgIpc) is 2.76. The summed E-state index contributed by atoms with van der Waals surface area (Å²) in [5, 5.41) is 60.3. The lowest BCUT2D eigenvalue weighted by Gasteiger charge is -2.42. The minimum absolute atomic E-state index is 0.0211. The van der Waals surface area contributed by atoms with E-state index in [0.717, 1.165) is 5.57 Å². The predicted octanol–water partition coefficient (Wildman–Crippen LogP) is -1.23. The first-order valence-corrected chi connectivity index (χ1v) is 11.8. The van der Waals surface area contributed by atoms with Gasteiger partial charge < -0.3 is 49.6 Å². The Kier molecular flexibility index (Phi) is 9.25. The molecule has 35 heavy (non-hydrogen) atoms. The standard InChI is InChI=1S/C24H38O11/c1-11-7-13(25)8-24(3,4)14(11)6-5-12(2)34-23-21(31)19(29)18(28)16(35-23)10-33-22-20(30)17(27)15(26)9-32-22/h5-7,12,14-23,26-31H,8-10H2,1-4H3/b6-5+/t12-,14+,15-,16+,17-,18-,19-,20-,21-,22-,23+/m1/s1. The van der Waals surface area contributed by atoms with E-state index in [0.29, 0.717) is 6.42 Å². The zero-order valence-corrected chi connectivity index (χ0v) is 20.4. The Labute approximate surface area is 204 Å². The Morgan fingerprint density at radius 1 is 1.06 bits per heavy atom. The van der Waals surface area contributed by atoms with Crippen molar-refractivity contribution in [2.75, 3.05) is 13.2 Å². The molecule has 1 aliphatic carbocycles. The van der Waals surface area contributed by atoms with Crippen LogP contribution >= 0.6 is 0 Å². The van der Waals surface area contributed by atoms with E-state index in [1.54, 1.807) is 19.1 Å². The highest BCUT2D eigenvalue weighted by Crippen LogP contribution is 2.40. The monoisotopic (exact) mass is 502 g/mol. The maximum atomic E-state index is 11.9. The van der Waals surface area contributed by atoms with E-state index in [1.165, 1.54) is 0 Å². The third kappa shape index (κ3) is 6.55. The molecule has 0 radical (unpaired) electrons. The highest BCUT2D eigenvalue weighted by atomic mass is 16.7. The van der Waals surface area contributed by atoms with Crippen molar-refractivity contribution in [1.82, 2.24) is 0 Å². The predicted molar refractivity (Wildman–Crippen MR) is 121 cm³/mol. The third-order valence-corrected chi connectivity index (χ3v) is 6.82. The van der Waals surface area contributed by atoms with Crippen molar-refractivity contribution in [1.29, 1.82) is 0 Å². The van der Waals surface area contributed by atoms with Gasteiger partial charge in [-0.05, 0) is 25.3 Å². The fourth-order valence-electron chi connectivity index (χ4n) is 4.79. The zero-order valence-electron chi connectivity index (χ0n) is 20.4. The molecule has 2 heterocycles. The largest absolute Gasteiger partial charge is 0.388 e. The van der Waals surface area contributed by atoms with Crippen LogP contribution in [-0.4, -0.2) is 111 Å². The van der Waals surface area contributed by atoms with Crippen molar-refractivity contribution >= 4 is 5.78 Å². The summed E-state index contributed by atoms with van der Waals surface area (Å²) < 4.78 is 22.0. The fourth-order valence-corrected chi connectivity index (χ4v) is 4.79. The molecule has 2 fully saturated rings. The van der Waals surface area contributed by atoms with Crippen LogP contribution in [0.5, 0.6) is 0 Å². The molecular formula is C24H38O11. The maximum absolute atomic E-state index is 11.9. The highest BCUT2D eigenvalue weighted by Gasteiger charge is 2.46. The van der Waals surface area contributed by atoms with Crippen LogP contribution in [0.25, 0.3) is 0 Å². The van der Waals surface area contributed by atoms with Crippen LogP contribution in [0, 0.1) is 11.3 Å². The Balaban J connectivity index is 1.60. The molecular weight excluding hydrogens is 464 g/mol. The Hall–Kier alpha value is -1.25. The average molecular weight is 503 g/mol. The van der Waals surface area contributed by atoms with Gasteiger partial charge in [-0.1, -0.05) is 31.6 Å². The van der Waals surface area contributed by atoms with E-state index in [9.17, 15) is 35.4 Å². The fraction of sp³-hybridized carbons (Fsp3) is 0.792. The molecule has 0 spiro atoms. The van der Waals surface area contributed by atoms with Gasteiger partial charge in [-0.3, -0.25) is 4.79 Å². The number of ether oxygens (including phenoxy) is 4. The number of hydrogen-bond acceptors (Lipinski definition) is 11. The number of allylic oxidation sites excluding steroid dienone is 3. The summed E-state index contributed by atoms with van der Waals surface area (Å²) in [6, 6.07) is 0. The van der Waals surface area contributed by atoms with Gasteiger partial charge in [0.25, 0.3) is 0 Å². The molecule has 11 atom stereocenters. The van der Waals surface area contributed by atoms with Crippen LogP contribution in [0.2, 0.25) is 0 Å². The summed E-state index contributed by atoms with van der Waals surface area (Å²) in [5.41, 5.74) is 0.689. The van der Waals surface area contributed by atoms with Crippen molar-refractivity contribution in [3.05, 3.63) is 23.8 Å². The maximum Gasteiger partial charge on any atom is 0.187 e. The summed E-state index contributed by atoms with van der Waals surface area (Å²) in [4.78, 5) is 11.9. The van der Waals surface area contributed by atoms with Crippen molar-refractivity contribution in [3.63, 3.8) is 0 Å². The van der Waals surface area contributed by atoms with Crippen molar-refractivity contribution in [3.8, 4) is 0 Å². The number of ketones is 1. The molecule has 3 rings (SSSR count). The Bertz CT molecular complexity index is 796. The van der Waals surface area contributed by atoms with Crippen molar-refractivity contribution < 1.29 is 54.4 Å². The van der Waals surface area contributed by atoms with Gasteiger partial charge in [-0.15, -0.1) is 0 Å². The van der Waals surface area contributed by atoms with Gasteiger partial charge in [0, 0.05) is 12.3 Å². The van der Waals surface area contributed by atoms with E-state index in [-0.39, 0.29) is 30.3 Å². The third-order valence-electron chi connectivity index (χ3n) is 6.82. The molecule has 0 amide bonds. The lowest BCUT2D eigenvalue weighted by atomic mass is 9.68. The highest BCUT2D eigenvalue weighted by molar-refractivity contribution is 5.92. The summed E-state index contributed by atoms with van der Waals surface area (Å²) in [6.45, 7) is 7.06. The number of carbonyl (C=O) groups is 1. The van der Waals surface area contributed by atoms with Gasteiger partial charge in [0.15, 0.2) is 18.4 Å². The Morgan fingerprint density at radius 2 is 1.71 bits per heavy atom. The lowest BCUT2D eigenvalue weighted by Crippen LogP contribution is -2.60. The second-order valence-corrected chi connectivity index (χ2v) is 10.3. The quantitative estimate of drug-likeness (QED) is 0.230. The molecule has 0 aromatic heterocycles. The van der Waals surface area contributed by atoms with Gasteiger partial charge >= 0.3 is 0 Å². The number of aliphatic hydroxyl groups is 6. The SMILES string of the molecule is CC1=CC(=O)CC(C)(C)[C@H]1/C=C/[C@@H](C)O[C@H]1O[C@@H](CO[C@H]2OC[C@@H](O)[C@@H](O)[C@H]2O)[C@@H](O)[C@@H](O)[C@H]1O. The lowest BCUT2D eigenvalue weighted by molar-refractivity contribution is -0.324. The van der Waals surface area contributed by atoms with Crippen LogP contribution in [0.1, 0.15) is 34.1 Å². The minimum atomic E-state index is -1.59. The van der Waals surface area contributed by atoms with Crippen molar-refractivity contribution in [2.45, 2.75) is 95.5 Å². The van der Waals surface area contributed by atoms with Gasteiger partial charge in [0.05, 0.1) is 19.3 Å². The first-order valence-electron chi connectivity index (χ1n) is 11.8. The van der Waals surface area contributed by atoms with E-state index in [1.807, 2.05) is 26.8 Å².